The van der Waals surface area contributed by atoms with Gasteiger partial charge in [0.1, 0.15) is 0 Å². The molecule has 0 aliphatic heterocycles. The molecule has 0 atom stereocenters. The highest BCUT2D eigenvalue weighted by Gasteiger charge is 2.12. The van der Waals surface area contributed by atoms with E-state index < -0.39 is 0 Å². The molecule has 0 radical (unpaired) electrons. The number of para-hydroxylation sites is 1. The largest absolute Gasteiger partial charge is 0.311 e. The summed E-state index contributed by atoms with van der Waals surface area (Å²) in [6, 6.07) is 45.2. The molecule has 0 fully saturated rings. The van der Waals surface area contributed by atoms with Crippen molar-refractivity contribution in [1.29, 1.82) is 0 Å². The molecule has 0 aliphatic rings. The van der Waals surface area contributed by atoms with Crippen LogP contribution in [0.25, 0.3) is 23.3 Å². The van der Waals surface area contributed by atoms with Crippen LogP contribution in [0.2, 0.25) is 0 Å². The molecule has 170 valence electrons. The van der Waals surface area contributed by atoms with Crippen LogP contribution < -0.4 is 4.90 Å². The predicted molar refractivity (Wildman–Crippen MR) is 151 cm³/mol. The molecule has 1 heteroatoms. The van der Waals surface area contributed by atoms with E-state index in [2.05, 4.69) is 158 Å². The molecule has 5 rings (SSSR count). The molecule has 1 nitrogen and oxygen atoms in total. The van der Waals surface area contributed by atoms with Gasteiger partial charge in [-0.2, -0.15) is 0 Å². The zero-order chi connectivity index (χ0) is 24.0. The highest BCUT2D eigenvalue weighted by Crippen LogP contribution is 2.35. The first-order valence-electron chi connectivity index (χ1n) is 12.0. The van der Waals surface area contributed by atoms with Crippen molar-refractivity contribution in [2.75, 3.05) is 4.90 Å². The number of rotatable bonds is 6. The van der Waals surface area contributed by atoms with Gasteiger partial charge in [-0.05, 0) is 72.5 Å². The number of aryl methyl sites for hydroxylation is 2. The van der Waals surface area contributed by atoms with E-state index in [1.165, 1.54) is 33.4 Å². The summed E-state index contributed by atoms with van der Waals surface area (Å²) >= 11 is 0. The van der Waals surface area contributed by atoms with Gasteiger partial charge in [0.2, 0.25) is 0 Å². The van der Waals surface area contributed by atoms with Crippen molar-refractivity contribution < 1.29 is 0 Å². The lowest BCUT2D eigenvalue weighted by atomic mass is 10.0. The summed E-state index contributed by atoms with van der Waals surface area (Å²) in [6.07, 6.45) is 4.37. The summed E-state index contributed by atoms with van der Waals surface area (Å²) in [5.41, 5.74) is 10.8. The van der Waals surface area contributed by atoms with Crippen LogP contribution in [-0.4, -0.2) is 0 Å². The van der Waals surface area contributed by atoms with E-state index in [0.29, 0.717) is 0 Å². The van der Waals surface area contributed by atoms with Crippen LogP contribution in [0.15, 0.2) is 127 Å². The fraction of sp³-hybridized carbons (Fsp3) is 0.0588. The van der Waals surface area contributed by atoms with E-state index in [1.54, 1.807) is 0 Å². The van der Waals surface area contributed by atoms with Gasteiger partial charge in [-0.1, -0.05) is 114 Å². The third kappa shape index (κ3) is 5.42. The van der Waals surface area contributed by atoms with Gasteiger partial charge < -0.3 is 4.90 Å². The molecular formula is C34H29N. The Hall–Kier alpha value is -4.36. The molecule has 0 aromatic heterocycles. The van der Waals surface area contributed by atoms with Gasteiger partial charge in [-0.15, -0.1) is 0 Å². The Balaban J connectivity index is 1.44. The average Bonchev–Trinajstić information content (AvgIpc) is 2.89. The molecule has 0 saturated heterocycles. The van der Waals surface area contributed by atoms with Crippen molar-refractivity contribution in [1.82, 2.24) is 0 Å². The van der Waals surface area contributed by atoms with Gasteiger partial charge in [0.15, 0.2) is 0 Å². The van der Waals surface area contributed by atoms with Crippen LogP contribution in [0, 0.1) is 13.8 Å². The summed E-state index contributed by atoms with van der Waals surface area (Å²) in [5, 5.41) is 0. The topological polar surface area (TPSA) is 3.24 Å². The minimum absolute atomic E-state index is 1.13. The number of anilines is 3. The lowest BCUT2D eigenvalue weighted by molar-refractivity contribution is 1.28. The molecule has 0 N–H and O–H groups in total. The maximum absolute atomic E-state index is 2.30. The van der Waals surface area contributed by atoms with Gasteiger partial charge in [0, 0.05) is 17.1 Å². The molecule has 0 spiro atoms. The fourth-order valence-corrected chi connectivity index (χ4v) is 4.49. The standard InChI is InChI=1S/C34H29N/c1-26-23-27(2)25-29(24-26)14-13-28-15-19-33(20-16-28)35(32-11-7-4-8-12-32)34-21-17-31(18-22-34)30-9-5-3-6-10-30/h3-25H,1-2H3. The van der Waals surface area contributed by atoms with Crippen molar-refractivity contribution in [2.45, 2.75) is 13.8 Å². The highest BCUT2D eigenvalue weighted by atomic mass is 15.1. The number of nitrogens with zero attached hydrogens (tertiary/aromatic N) is 1. The molecule has 0 unspecified atom stereocenters. The maximum Gasteiger partial charge on any atom is 0.0462 e. The summed E-state index contributed by atoms with van der Waals surface area (Å²) in [4.78, 5) is 2.30. The lowest BCUT2D eigenvalue weighted by Crippen LogP contribution is -2.09. The maximum atomic E-state index is 2.30. The van der Waals surface area contributed by atoms with E-state index in [4.69, 9.17) is 0 Å². The van der Waals surface area contributed by atoms with E-state index in [9.17, 15) is 0 Å². The van der Waals surface area contributed by atoms with Crippen LogP contribution in [0.5, 0.6) is 0 Å². The molecule has 5 aromatic carbocycles. The molecule has 0 bridgehead atoms. The average molecular weight is 452 g/mol. The van der Waals surface area contributed by atoms with Crippen LogP contribution in [-0.2, 0) is 0 Å². The minimum atomic E-state index is 1.13. The van der Waals surface area contributed by atoms with Crippen LogP contribution in [0.1, 0.15) is 22.3 Å². The Bertz CT molecular complexity index is 1390. The van der Waals surface area contributed by atoms with Gasteiger partial charge in [-0.25, -0.2) is 0 Å². The normalized spacial score (nSPS) is 11.0. The first-order chi connectivity index (χ1) is 17.2. The third-order valence-corrected chi connectivity index (χ3v) is 6.11. The van der Waals surface area contributed by atoms with Crippen LogP contribution in [0.3, 0.4) is 0 Å². The lowest BCUT2D eigenvalue weighted by Gasteiger charge is -2.25. The first kappa shape index (κ1) is 22.4. The summed E-state index contributed by atoms with van der Waals surface area (Å²) < 4.78 is 0. The Morgan fingerprint density at radius 2 is 0.886 bits per heavy atom. The monoisotopic (exact) mass is 451 g/mol. The van der Waals surface area contributed by atoms with Gasteiger partial charge in [-0.3, -0.25) is 0 Å². The first-order valence-corrected chi connectivity index (χ1v) is 12.0. The van der Waals surface area contributed by atoms with Crippen molar-refractivity contribution in [2.24, 2.45) is 0 Å². The predicted octanol–water partition coefficient (Wildman–Crippen LogP) is 9.61. The van der Waals surface area contributed by atoms with E-state index in [0.717, 1.165) is 17.1 Å². The molecule has 0 amide bonds. The Morgan fingerprint density at radius 3 is 1.49 bits per heavy atom. The summed E-state index contributed by atoms with van der Waals surface area (Å²) in [7, 11) is 0. The van der Waals surface area contributed by atoms with Crippen LogP contribution >= 0.6 is 0 Å². The van der Waals surface area contributed by atoms with Crippen molar-refractivity contribution in [3.05, 3.63) is 150 Å². The summed E-state index contributed by atoms with van der Waals surface area (Å²) in [5.74, 6) is 0. The second-order valence-electron chi connectivity index (χ2n) is 8.93. The fourth-order valence-electron chi connectivity index (χ4n) is 4.49. The zero-order valence-corrected chi connectivity index (χ0v) is 20.2. The molecular weight excluding hydrogens is 422 g/mol. The van der Waals surface area contributed by atoms with E-state index in [1.807, 2.05) is 0 Å². The van der Waals surface area contributed by atoms with Crippen molar-refractivity contribution >= 4 is 29.2 Å². The quantitative estimate of drug-likeness (QED) is 0.232. The number of hydrogen-bond acceptors (Lipinski definition) is 1. The van der Waals surface area contributed by atoms with Gasteiger partial charge in [0.25, 0.3) is 0 Å². The summed E-state index contributed by atoms with van der Waals surface area (Å²) in [6.45, 7) is 4.29. The minimum Gasteiger partial charge on any atom is -0.311 e. The van der Waals surface area contributed by atoms with E-state index in [-0.39, 0.29) is 0 Å². The Labute approximate surface area is 208 Å². The van der Waals surface area contributed by atoms with Crippen molar-refractivity contribution in [3.63, 3.8) is 0 Å². The molecule has 0 aliphatic carbocycles. The second kappa shape index (κ2) is 10.3. The third-order valence-electron chi connectivity index (χ3n) is 6.11. The second-order valence-corrected chi connectivity index (χ2v) is 8.93. The van der Waals surface area contributed by atoms with Crippen LogP contribution in [0.4, 0.5) is 17.1 Å². The zero-order valence-electron chi connectivity index (χ0n) is 20.2. The number of hydrogen-bond donors (Lipinski definition) is 0. The Kier molecular flexibility index (Phi) is 6.59. The van der Waals surface area contributed by atoms with Gasteiger partial charge in [0.05, 0.1) is 0 Å². The number of benzene rings is 5. The highest BCUT2D eigenvalue weighted by molar-refractivity contribution is 5.79. The van der Waals surface area contributed by atoms with E-state index >= 15 is 0 Å². The molecule has 35 heavy (non-hydrogen) atoms. The smallest absolute Gasteiger partial charge is 0.0462 e. The SMILES string of the molecule is Cc1cc(C)cc(C=Cc2ccc(N(c3ccccc3)c3ccc(-c4ccccc4)cc3)cc2)c1. The van der Waals surface area contributed by atoms with Gasteiger partial charge >= 0.3 is 0 Å². The Morgan fingerprint density at radius 1 is 0.429 bits per heavy atom. The molecule has 5 aromatic rings. The molecule has 0 heterocycles. The van der Waals surface area contributed by atoms with Crippen molar-refractivity contribution in [3.8, 4) is 11.1 Å². The molecule has 0 saturated carbocycles.